The molecule has 0 unspecified atom stereocenters. The molecule has 0 saturated heterocycles. The van der Waals surface area contributed by atoms with Crippen LogP contribution in [0.5, 0.6) is 5.75 Å². The van der Waals surface area contributed by atoms with Crippen LogP contribution in [-0.4, -0.2) is 11.6 Å². The van der Waals surface area contributed by atoms with Crippen LogP contribution < -0.4 is 10.1 Å². The number of hydrogen-bond acceptors (Lipinski definition) is 3. The van der Waals surface area contributed by atoms with Gasteiger partial charge in [0.05, 0.1) is 6.61 Å². The van der Waals surface area contributed by atoms with Gasteiger partial charge in [-0.05, 0) is 59.1 Å². The predicted octanol–water partition coefficient (Wildman–Crippen LogP) is 4.16. The van der Waals surface area contributed by atoms with E-state index in [0.29, 0.717) is 6.61 Å². The average Bonchev–Trinajstić information content (AvgIpc) is 2.40. The fraction of sp³-hybridized carbons (Fsp3) is 0.267. The van der Waals surface area contributed by atoms with Gasteiger partial charge in [-0.3, -0.25) is 0 Å². The quantitative estimate of drug-likeness (QED) is 0.898. The molecule has 1 aromatic carbocycles. The molecule has 0 radical (unpaired) electrons. The number of ether oxygens (including phenoxy) is 1. The van der Waals surface area contributed by atoms with Crippen LogP contribution in [0.4, 0.5) is 5.82 Å². The molecule has 0 saturated carbocycles. The number of aryl methyl sites for hydroxylation is 1. The van der Waals surface area contributed by atoms with Gasteiger partial charge in [0.25, 0.3) is 0 Å². The topological polar surface area (TPSA) is 34.1 Å². The highest BCUT2D eigenvalue weighted by molar-refractivity contribution is 9.10. The summed E-state index contributed by atoms with van der Waals surface area (Å²) < 4.78 is 6.41. The third-order valence-corrected chi connectivity index (χ3v) is 3.17. The van der Waals surface area contributed by atoms with E-state index in [9.17, 15) is 0 Å². The van der Waals surface area contributed by atoms with Crippen molar-refractivity contribution in [1.29, 1.82) is 0 Å². The van der Waals surface area contributed by atoms with Gasteiger partial charge in [-0.1, -0.05) is 12.1 Å². The van der Waals surface area contributed by atoms with Gasteiger partial charge in [0, 0.05) is 17.2 Å². The van der Waals surface area contributed by atoms with Crippen LogP contribution in [0.3, 0.4) is 0 Å². The first-order valence-electron chi connectivity index (χ1n) is 6.27. The highest BCUT2D eigenvalue weighted by Crippen LogP contribution is 2.18. The highest BCUT2D eigenvalue weighted by Gasteiger charge is 2.01. The number of nitrogens with zero attached hydrogens (tertiary/aromatic N) is 1. The standard InChI is InChI=1S/C15H17BrN2O/c1-3-19-14-6-4-12(5-7-14)9-17-15-11(2)8-13(16)10-18-15/h4-8,10H,3,9H2,1-2H3,(H,17,18). The third kappa shape index (κ3) is 3.96. The zero-order valence-corrected chi connectivity index (χ0v) is 12.7. The summed E-state index contributed by atoms with van der Waals surface area (Å²) in [5.41, 5.74) is 2.33. The van der Waals surface area contributed by atoms with Crippen LogP contribution in [0.1, 0.15) is 18.1 Å². The molecule has 4 heteroatoms. The molecule has 1 aromatic heterocycles. The van der Waals surface area contributed by atoms with Gasteiger partial charge in [-0.25, -0.2) is 4.98 Å². The number of nitrogens with one attached hydrogen (secondary N) is 1. The average molecular weight is 321 g/mol. The van der Waals surface area contributed by atoms with Gasteiger partial charge < -0.3 is 10.1 Å². The zero-order valence-electron chi connectivity index (χ0n) is 11.1. The van der Waals surface area contributed by atoms with Crippen molar-refractivity contribution in [3.8, 4) is 5.75 Å². The molecule has 0 aliphatic heterocycles. The molecule has 2 rings (SSSR count). The smallest absolute Gasteiger partial charge is 0.129 e. The Bertz CT molecular complexity index is 540. The van der Waals surface area contributed by atoms with Crippen molar-refractivity contribution in [1.82, 2.24) is 4.98 Å². The minimum absolute atomic E-state index is 0.694. The van der Waals surface area contributed by atoms with Crippen LogP contribution >= 0.6 is 15.9 Å². The maximum Gasteiger partial charge on any atom is 0.129 e. The van der Waals surface area contributed by atoms with Crippen molar-refractivity contribution < 1.29 is 4.74 Å². The van der Waals surface area contributed by atoms with Crippen LogP contribution in [0.25, 0.3) is 0 Å². The van der Waals surface area contributed by atoms with E-state index in [0.717, 1.165) is 28.1 Å². The summed E-state index contributed by atoms with van der Waals surface area (Å²) in [4.78, 5) is 4.36. The Balaban J connectivity index is 1.98. The lowest BCUT2D eigenvalue weighted by Crippen LogP contribution is -2.03. The summed E-state index contributed by atoms with van der Waals surface area (Å²) >= 11 is 3.41. The van der Waals surface area contributed by atoms with E-state index >= 15 is 0 Å². The monoisotopic (exact) mass is 320 g/mol. The van der Waals surface area contributed by atoms with Gasteiger partial charge in [0.15, 0.2) is 0 Å². The number of rotatable bonds is 5. The molecule has 0 aliphatic rings. The number of benzene rings is 1. The molecule has 0 bridgehead atoms. The van der Waals surface area contributed by atoms with Gasteiger partial charge in [0.1, 0.15) is 11.6 Å². The lowest BCUT2D eigenvalue weighted by Gasteiger charge is -2.09. The van der Waals surface area contributed by atoms with E-state index < -0.39 is 0 Å². The zero-order chi connectivity index (χ0) is 13.7. The molecule has 0 fully saturated rings. The summed E-state index contributed by atoms with van der Waals surface area (Å²) in [6, 6.07) is 10.1. The Morgan fingerprint density at radius 1 is 1.26 bits per heavy atom. The molecule has 2 aromatic rings. The number of halogens is 1. The van der Waals surface area contributed by atoms with E-state index in [2.05, 4.69) is 38.4 Å². The second-order valence-electron chi connectivity index (χ2n) is 4.25. The van der Waals surface area contributed by atoms with Gasteiger partial charge in [-0.2, -0.15) is 0 Å². The highest BCUT2D eigenvalue weighted by atomic mass is 79.9. The Morgan fingerprint density at radius 3 is 2.63 bits per heavy atom. The fourth-order valence-corrected chi connectivity index (χ4v) is 2.23. The second-order valence-corrected chi connectivity index (χ2v) is 5.17. The molecule has 0 atom stereocenters. The first-order chi connectivity index (χ1) is 9.19. The Kier molecular flexibility index (Phi) is 4.80. The summed E-state index contributed by atoms with van der Waals surface area (Å²) in [7, 11) is 0. The van der Waals surface area contributed by atoms with Gasteiger partial charge in [-0.15, -0.1) is 0 Å². The predicted molar refractivity (Wildman–Crippen MR) is 81.6 cm³/mol. The SMILES string of the molecule is CCOc1ccc(CNc2ncc(Br)cc2C)cc1. The Hall–Kier alpha value is -1.55. The molecule has 19 heavy (non-hydrogen) atoms. The molecular formula is C15H17BrN2O. The van der Waals surface area contributed by atoms with Crippen LogP contribution in [0, 0.1) is 6.92 Å². The minimum atomic E-state index is 0.694. The molecule has 1 N–H and O–H groups in total. The molecule has 3 nitrogen and oxygen atoms in total. The maximum absolute atomic E-state index is 5.42. The maximum atomic E-state index is 5.42. The first-order valence-corrected chi connectivity index (χ1v) is 7.06. The number of pyridine rings is 1. The van der Waals surface area contributed by atoms with Gasteiger partial charge >= 0.3 is 0 Å². The molecule has 100 valence electrons. The Morgan fingerprint density at radius 2 is 2.00 bits per heavy atom. The molecular weight excluding hydrogens is 304 g/mol. The lowest BCUT2D eigenvalue weighted by molar-refractivity contribution is 0.340. The summed E-state index contributed by atoms with van der Waals surface area (Å²) in [5.74, 6) is 1.82. The normalized spacial score (nSPS) is 10.3. The largest absolute Gasteiger partial charge is 0.494 e. The Labute approximate surface area is 122 Å². The first kappa shape index (κ1) is 13.9. The van der Waals surface area contributed by atoms with Crippen LogP contribution in [0.2, 0.25) is 0 Å². The van der Waals surface area contributed by atoms with Crippen molar-refractivity contribution in [2.45, 2.75) is 20.4 Å². The van der Waals surface area contributed by atoms with Crippen molar-refractivity contribution >= 4 is 21.7 Å². The number of anilines is 1. The second kappa shape index (κ2) is 6.57. The minimum Gasteiger partial charge on any atom is -0.494 e. The van der Waals surface area contributed by atoms with Crippen LogP contribution in [-0.2, 0) is 6.54 Å². The van der Waals surface area contributed by atoms with Crippen molar-refractivity contribution in [3.05, 3.63) is 52.1 Å². The van der Waals surface area contributed by atoms with Crippen molar-refractivity contribution in [3.63, 3.8) is 0 Å². The van der Waals surface area contributed by atoms with E-state index in [1.807, 2.05) is 32.0 Å². The number of aromatic nitrogens is 1. The van der Waals surface area contributed by atoms with Crippen LogP contribution in [0.15, 0.2) is 41.0 Å². The molecule has 1 heterocycles. The van der Waals surface area contributed by atoms with Crippen molar-refractivity contribution in [2.75, 3.05) is 11.9 Å². The molecule has 0 spiro atoms. The lowest BCUT2D eigenvalue weighted by atomic mass is 10.2. The summed E-state index contributed by atoms with van der Waals surface area (Å²) in [6.45, 7) is 5.47. The third-order valence-electron chi connectivity index (χ3n) is 2.74. The summed E-state index contributed by atoms with van der Waals surface area (Å²) in [6.07, 6.45) is 1.80. The van der Waals surface area contributed by atoms with E-state index in [1.54, 1.807) is 6.20 Å². The van der Waals surface area contributed by atoms with E-state index in [1.165, 1.54) is 5.56 Å². The fourth-order valence-electron chi connectivity index (χ4n) is 1.78. The molecule has 0 amide bonds. The summed E-state index contributed by atoms with van der Waals surface area (Å²) in [5, 5.41) is 3.34. The van der Waals surface area contributed by atoms with Gasteiger partial charge in [0.2, 0.25) is 0 Å². The van der Waals surface area contributed by atoms with Crippen molar-refractivity contribution in [2.24, 2.45) is 0 Å². The van der Waals surface area contributed by atoms with E-state index in [-0.39, 0.29) is 0 Å². The van der Waals surface area contributed by atoms with E-state index in [4.69, 9.17) is 4.74 Å². The molecule has 0 aliphatic carbocycles. The number of hydrogen-bond donors (Lipinski definition) is 1.